The van der Waals surface area contributed by atoms with E-state index in [1.165, 1.54) is 38.2 Å². The van der Waals surface area contributed by atoms with Crippen LogP contribution in [0.1, 0.15) is 47.6 Å². The molecule has 5 N–H and O–H groups in total. The highest BCUT2D eigenvalue weighted by Gasteiger charge is 2.46. The van der Waals surface area contributed by atoms with Crippen LogP contribution in [0.4, 0.5) is 5.69 Å². The minimum absolute atomic E-state index is 0.0890. The Kier molecular flexibility index (Phi) is 10.5. The highest BCUT2D eigenvalue weighted by molar-refractivity contribution is 7.88. The summed E-state index contributed by atoms with van der Waals surface area (Å²) in [6.45, 7) is 3.30. The SMILES string of the molecule is CN(C1N=Cc2ccccc2N(C(C)(C)C(=O)N[C@@H](CCCN=C(N)N)C(=O)c2nccs2)C1=O)S(=O)(=O)Cc1ccccc1. The summed E-state index contributed by atoms with van der Waals surface area (Å²) >= 11 is 1.14. The number of amides is 2. The van der Waals surface area contributed by atoms with Gasteiger partial charge in [-0.05, 0) is 38.3 Å². The van der Waals surface area contributed by atoms with Crippen LogP contribution in [0.2, 0.25) is 0 Å². The molecule has 0 saturated carbocycles. The van der Waals surface area contributed by atoms with Crippen LogP contribution in [-0.2, 0) is 25.4 Å². The zero-order valence-corrected chi connectivity index (χ0v) is 26.8. The number of thiazole rings is 1. The smallest absolute Gasteiger partial charge is 0.268 e. The number of hydrogen-bond donors (Lipinski definition) is 3. The lowest BCUT2D eigenvalue weighted by Gasteiger charge is -2.40. The first kappa shape index (κ1) is 33.4. The van der Waals surface area contributed by atoms with E-state index in [0.717, 1.165) is 15.6 Å². The first-order chi connectivity index (χ1) is 21.3. The summed E-state index contributed by atoms with van der Waals surface area (Å²) in [6, 6.07) is 14.4. The Bertz CT molecular complexity index is 1690. The van der Waals surface area contributed by atoms with Crippen molar-refractivity contribution >= 4 is 56.8 Å². The van der Waals surface area contributed by atoms with Gasteiger partial charge in [-0.1, -0.05) is 48.5 Å². The highest BCUT2D eigenvalue weighted by atomic mass is 32.2. The van der Waals surface area contributed by atoms with Gasteiger partial charge in [-0.3, -0.25) is 29.3 Å². The van der Waals surface area contributed by atoms with Gasteiger partial charge in [0.05, 0.1) is 17.5 Å². The van der Waals surface area contributed by atoms with Crippen molar-refractivity contribution in [3.05, 3.63) is 82.3 Å². The van der Waals surface area contributed by atoms with Crippen LogP contribution in [0, 0.1) is 0 Å². The van der Waals surface area contributed by atoms with E-state index in [4.69, 9.17) is 11.5 Å². The van der Waals surface area contributed by atoms with E-state index in [0.29, 0.717) is 23.2 Å². The molecule has 15 heteroatoms. The van der Waals surface area contributed by atoms with Gasteiger partial charge in [0.25, 0.3) is 5.91 Å². The standard InChI is InChI=1S/C30H36N8O5S2/c1-30(2,28(41)36-22(13-9-15-34-29(31)32)24(39)26-33-16-17-44-26)38-23-14-8-7-12-21(23)18-35-25(27(38)40)37(3)45(42,43)19-20-10-5-4-6-11-20/h4-8,10-12,14,16-18,22,25H,9,13,15,19H2,1-3H3,(H,36,41)(H4,31,32,34)/t22-,25?/m0/s1. The van der Waals surface area contributed by atoms with Gasteiger partial charge in [0.1, 0.15) is 5.54 Å². The number of ketones is 1. The number of para-hydroxylation sites is 1. The number of nitrogens with one attached hydrogen (secondary N) is 1. The summed E-state index contributed by atoms with van der Waals surface area (Å²) in [4.78, 5) is 55.4. The van der Waals surface area contributed by atoms with Crippen molar-refractivity contribution in [3.63, 3.8) is 0 Å². The third-order valence-electron chi connectivity index (χ3n) is 7.27. The molecule has 1 unspecified atom stereocenters. The van der Waals surface area contributed by atoms with Gasteiger partial charge in [0.2, 0.25) is 21.7 Å². The number of rotatable bonds is 13. The summed E-state index contributed by atoms with van der Waals surface area (Å²) in [5, 5.41) is 4.69. The molecule has 0 bridgehead atoms. The first-order valence-electron chi connectivity index (χ1n) is 14.1. The zero-order chi connectivity index (χ0) is 32.8. The van der Waals surface area contributed by atoms with E-state index in [1.54, 1.807) is 60.0 Å². The van der Waals surface area contributed by atoms with Crippen LogP contribution < -0.4 is 21.7 Å². The number of Topliss-reactive ketones (excluding diaryl/α,β-unsaturated/α-hetero) is 1. The van der Waals surface area contributed by atoms with Gasteiger partial charge in [-0.15, -0.1) is 11.3 Å². The summed E-state index contributed by atoms with van der Waals surface area (Å²) in [5.41, 5.74) is 10.7. The van der Waals surface area contributed by atoms with Crippen molar-refractivity contribution in [1.82, 2.24) is 14.6 Å². The molecule has 1 aromatic heterocycles. The number of carbonyl (C=O) groups is 3. The van der Waals surface area contributed by atoms with Crippen molar-refractivity contribution < 1.29 is 22.8 Å². The molecule has 2 atom stereocenters. The number of guanidine groups is 1. The molecule has 2 heterocycles. The van der Waals surface area contributed by atoms with E-state index >= 15 is 0 Å². The Labute approximate surface area is 266 Å². The maximum atomic E-state index is 14.3. The third-order valence-corrected chi connectivity index (χ3v) is 9.84. The molecule has 238 valence electrons. The van der Waals surface area contributed by atoms with Crippen molar-refractivity contribution in [1.29, 1.82) is 0 Å². The molecule has 1 aliphatic heterocycles. The number of anilines is 1. The van der Waals surface area contributed by atoms with Crippen LogP contribution in [0.25, 0.3) is 0 Å². The van der Waals surface area contributed by atoms with Gasteiger partial charge in [-0.2, -0.15) is 4.31 Å². The predicted molar refractivity (Wildman–Crippen MR) is 175 cm³/mol. The molecule has 13 nitrogen and oxygen atoms in total. The molecule has 45 heavy (non-hydrogen) atoms. The Morgan fingerprint density at radius 2 is 1.82 bits per heavy atom. The average molecular weight is 653 g/mol. The number of likely N-dealkylation sites (N-methyl/N-ethyl adjacent to an activating group) is 1. The monoisotopic (exact) mass is 652 g/mol. The van der Waals surface area contributed by atoms with E-state index in [-0.39, 0.29) is 29.7 Å². The Morgan fingerprint density at radius 3 is 2.49 bits per heavy atom. The molecule has 1 aliphatic rings. The van der Waals surface area contributed by atoms with Crippen molar-refractivity contribution in [3.8, 4) is 0 Å². The van der Waals surface area contributed by atoms with Crippen molar-refractivity contribution in [2.45, 2.75) is 50.2 Å². The van der Waals surface area contributed by atoms with Crippen LogP contribution in [0.3, 0.4) is 0 Å². The molecule has 0 spiro atoms. The summed E-state index contributed by atoms with van der Waals surface area (Å²) in [6.07, 6.45) is 2.01. The van der Waals surface area contributed by atoms with Crippen LogP contribution in [0.15, 0.2) is 76.2 Å². The number of sulfonamides is 1. The van der Waals surface area contributed by atoms with E-state index < -0.39 is 45.4 Å². The fourth-order valence-corrected chi connectivity index (χ4v) is 6.71. The lowest BCUT2D eigenvalue weighted by Crippen LogP contribution is -2.62. The Hall–Kier alpha value is -4.47. The summed E-state index contributed by atoms with van der Waals surface area (Å²) in [5.74, 6) is -2.20. The second kappa shape index (κ2) is 14.1. The number of hydrogen-bond acceptors (Lipinski definition) is 9. The molecular formula is C30H36N8O5S2. The highest BCUT2D eigenvalue weighted by Crippen LogP contribution is 2.32. The molecule has 0 fully saturated rings. The van der Waals surface area contributed by atoms with Gasteiger partial charge in [-0.25, -0.2) is 13.4 Å². The maximum Gasteiger partial charge on any atom is 0.268 e. The molecule has 4 rings (SSSR count). The fourth-order valence-electron chi connectivity index (χ4n) is 4.82. The Morgan fingerprint density at radius 1 is 1.13 bits per heavy atom. The lowest BCUT2D eigenvalue weighted by molar-refractivity contribution is -0.131. The van der Waals surface area contributed by atoms with Crippen LogP contribution >= 0.6 is 11.3 Å². The van der Waals surface area contributed by atoms with Gasteiger partial charge in [0, 0.05) is 36.9 Å². The predicted octanol–water partition coefficient (Wildman–Crippen LogP) is 1.90. The molecule has 0 radical (unpaired) electrons. The topological polar surface area (TPSA) is 194 Å². The summed E-state index contributed by atoms with van der Waals surface area (Å²) in [7, 11) is -2.73. The van der Waals surface area contributed by atoms with Gasteiger partial charge < -0.3 is 16.8 Å². The van der Waals surface area contributed by atoms with E-state index in [9.17, 15) is 22.8 Å². The van der Waals surface area contributed by atoms with Crippen molar-refractivity contribution in [2.24, 2.45) is 21.5 Å². The van der Waals surface area contributed by atoms with E-state index in [2.05, 4.69) is 20.3 Å². The lowest BCUT2D eigenvalue weighted by atomic mass is 9.96. The van der Waals surface area contributed by atoms with Gasteiger partial charge in [0.15, 0.2) is 17.1 Å². The minimum Gasteiger partial charge on any atom is -0.370 e. The number of nitrogens with two attached hydrogens (primary N) is 2. The van der Waals surface area contributed by atoms with Crippen LogP contribution in [-0.4, -0.2) is 78.8 Å². The number of carbonyl (C=O) groups excluding carboxylic acids is 3. The summed E-state index contributed by atoms with van der Waals surface area (Å²) < 4.78 is 27.8. The number of aromatic nitrogens is 1. The average Bonchev–Trinajstić information content (AvgIpc) is 3.49. The number of benzodiazepines with no additional fused rings is 1. The molecule has 0 aliphatic carbocycles. The van der Waals surface area contributed by atoms with Gasteiger partial charge >= 0.3 is 0 Å². The molecular weight excluding hydrogens is 617 g/mol. The third kappa shape index (κ3) is 7.79. The zero-order valence-electron chi connectivity index (χ0n) is 25.2. The number of nitrogens with zero attached hydrogens (tertiary/aromatic N) is 5. The quantitative estimate of drug-likeness (QED) is 0.108. The first-order valence-corrected chi connectivity index (χ1v) is 16.6. The largest absolute Gasteiger partial charge is 0.370 e. The molecule has 0 saturated heterocycles. The minimum atomic E-state index is -4.02. The van der Waals surface area contributed by atoms with Crippen molar-refractivity contribution in [2.75, 3.05) is 18.5 Å². The molecule has 2 aromatic carbocycles. The normalized spacial score (nSPS) is 15.7. The molecule has 2 amide bonds. The maximum absolute atomic E-state index is 14.3. The number of benzene rings is 2. The second-order valence-corrected chi connectivity index (χ2v) is 13.8. The number of aliphatic imine (C=N–C) groups is 2. The Balaban J connectivity index is 1.65. The molecule has 3 aromatic rings. The van der Waals surface area contributed by atoms with E-state index in [1.807, 2.05) is 0 Å². The fraction of sp³-hybridized carbons (Fsp3) is 0.333. The number of fused-ring (bicyclic) bond motifs is 1. The van der Waals surface area contributed by atoms with Crippen LogP contribution in [0.5, 0.6) is 0 Å². The second-order valence-electron chi connectivity index (χ2n) is 10.9.